The molecule has 0 saturated heterocycles. The van der Waals surface area contributed by atoms with Crippen LogP contribution in [0.3, 0.4) is 0 Å². The van der Waals surface area contributed by atoms with Crippen LogP contribution >= 0.6 is 15.9 Å². The molecule has 0 aromatic heterocycles. The Morgan fingerprint density at radius 1 is 1.47 bits per heavy atom. The van der Waals surface area contributed by atoms with Crippen molar-refractivity contribution in [3.05, 3.63) is 34.3 Å². The predicted molar refractivity (Wildman–Crippen MR) is 63.2 cm³/mol. The molecule has 2 rings (SSSR count). The van der Waals surface area contributed by atoms with Crippen molar-refractivity contribution in [1.82, 2.24) is 5.32 Å². The smallest absolute Gasteiger partial charge is 0.122 e. The van der Waals surface area contributed by atoms with Gasteiger partial charge in [0.15, 0.2) is 0 Å². The first kappa shape index (κ1) is 10.7. The predicted octanol–water partition coefficient (Wildman–Crippen LogP) is 3.01. The molecular weight excluding hydrogens is 252 g/mol. The molecule has 0 amide bonds. The van der Waals surface area contributed by atoms with E-state index in [4.69, 9.17) is 5.26 Å². The van der Waals surface area contributed by atoms with Gasteiger partial charge in [-0.1, -0.05) is 34.1 Å². The van der Waals surface area contributed by atoms with Crippen LogP contribution in [0.1, 0.15) is 24.4 Å². The molecule has 1 saturated carbocycles. The summed E-state index contributed by atoms with van der Waals surface area (Å²) < 4.78 is 1.000. The van der Waals surface area contributed by atoms with Gasteiger partial charge in [0.1, 0.15) is 6.04 Å². The van der Waals surface area contributed by atoms with Crippen LogP contribution < -0.4 is 5.32 Å². The zero-order valence-corrected chi connectivity index (χ0v) is 10.00. The zero-order valence-electron chi connectivity index (χ0n) is 8.41. The lowest BCUT2D eigenvalue weighted by atomic mass is 10.1. The quantitative estimate of drug-likeness (QED) is 0.908. The minimum atomic E-state index is -0.193. The summed E-state index contributed by atoms with van der Waals surface area (Å²) in [4.78, 5) is 0. The van der Waals surface area contributed by atoms with Crippen LogP contribution in [-0.2, 0) is 0 Å². The average molecular weight is 265 g/mol. The van der Waals surface area contributed by atoms with Crippen molar-refractivity contribution in [1.29, 1.82) is 5.26 Å². The molecule has 0 radical (unpaired) electrons. The zero-order chi connectivity index (χ0) is 10.7. The molecule has 1 aromatic carbocycles. The summed E-state index contributed by atoms with van der Waals surface area (Å²) >= 11 is 3.47. The van der Waals surface area contributed by atoms with Gasteiger partial charge < -0.3 is 0 Å². The van der Waals surface area contributed by atoms with E-state index in [9.17, 15) is 0 Å². The third-order valence-electron chi connectivity index (χ3n) is 2.65. The minimum Gasteiger partial charge on any atom is -0.298 e. The van der Waals surface area contributed by atoms with Crippen molar-refractivity contribution in [3.63, 3.8) is 0 Å². The minimum absolute atomic E-state index is 0.193. The Hall–Kier alpha value is -0.850. The van der Waals surface area contributed by atoms with Crippen LogP contribution in [0, 0.1) is 17.2 Å². The third-order valence-corrected chi connectivity index (χ3v) is 3.38. The number of nitrogens with zero attached hydrogens (tertiary/aromatic N) is 1. The van der Waals surface area contributed by atoms with Gasteiger partial charge in [0, 0.05) is 4.47 Å². The van der Waals surface area contributed by atoms with E-state index in [2.05, 4.69) is 27.3 Å². The summed E-state index contributed by atoms with van der Waals surface area (Å²) in [6, 6.07) is 9.99. The van der Waals surface area contributed by atoms with Gasteiger partial charge in [0.2, 0.25) is 0 Å². The number of hydrogen-bond acceptors (Lipinski definition) is 2. The fraction of sp³-hybridized carbons (Fsp3) is 0.417. The molecule has 1 N–H and O–H groups in total. The second-order valence-electron chi connectivity index (χ2n) is 3.94. The fourth-order valence-corrected chi connectivity index (χ4v) is 2.05. The van der Waals surface area contributed by atoms with Gasteiger partial charge in [0.25, 0.3) is 0 Å². The Bertz CT molecular complexity index is 379. The van der Waals surface area contributed by atoms with Crippen LogP contribution in [0.25, 0.3) is 0 Å². The molecule has 1 aliphatic rings. The third kappa shape index (κ3) is 2.80. The van der Waals surface area contributed by atoms with Crippen molar-refractivity contribution in [2.24, 2.45) is 5.92 Å². The molecule has 1 atom stereocenters. The van der Waals surface area contributed by atoms with E-state index in [0.29, 0.717) is 0 Å². The first-order valence-corrected chi connectivity index (χ1v) is 5.98. The van der Waals surface area contributed by atoms with Gasteiger partial charge in [0.05, 0.1) is 6.07 Å². The van der Waals surface area contributed by atoms with E-state index in [1.54, 1.807) is 0 Å². The van der Waals surface area contributed by atoms with E-state index in [1.807, 2.05) is 24.3 Å². The van der Waals surface area contributed by atoms with E-state index in [1.165, 1.54) is 12.8 Å². The number of halogens is 1. The molecule has 0 bridgehead atoms. The van der Waals surface area contributed by atoms with Crippen molar-refractivity contribution >= 4 is 15.9 Å². The van der Waals surface area contributed by atoms with Gasteiger partial charge in [-0.3, -0.25) is 5.32 Å². The van der Waals surface area contributed by atoms with Crippen LogP contribution in [0.5, 0.6) is 0 Å². The van der Waals surface area contributed by atoms with Gasteiger partial charge >= 0.3 is 0 Å². The molecular formula is C12H13BrN2. The first-order valence-electron chi connectivity index (χ1n) is 5.18. The summed E-state index contributed by atoms with van der Waals surface area (Å²) in [5.74, 6) is 0.795. The second kappa shape index (κ2) is 4.78. The largest absolute Gasteiger partial charge is 0.298 e. The van der Waals surface area contributed by atoms with E-state index >= 15 is 0 Å². The number of nitrogens with one attached hydrogen (secondary N) is 1. The number of nitriles is 1. The molecule has 1 aliphatic carbocycles. The monoisotopic (exact) mass is 264 g/mol. The molecule has 78 valence electrons. The highest BCUT2D eigenvalue weighted by molar-refractivity contribution is 9.10. The number of hydrogen-bond donors (Lipinski definition) is 1. The van der Waals surface area contributed by atoms with Crippen molar-refractivity contribution in [2.45, 2.75) is 18.9 Å². The van der Waals surface area contributed by atoms with Crippen LogP contribution in [0.15, 0.2) is 28.7 Å². The van der Waals surface area contributed by atoms with E-state index in [-0.39, 0.29) is 6.04 Å². The van der Waals surface area contributed by atoms with Gasteiger partial charge in [-0.25, -0.2) is 0 Å². The summed E-state index contributed by atoms with van der Waals surface area (Å²) in [6.45, 7) is 0.958. The standard InChI is InChI=1S/C12H13BrN2/c13-11-4-2-1-3-10(11)12(7-14)15-8-9-5-6-9/h1-4,9,12,15H,5-6,8H2. The molecule has 0 spiro atoms. The maximum Gasteiger partial charge on any atom is 0.122 e. The highest BCUT2D eigenvalue weighted by Crippen LogP contribution is 2.29. The maximum absolute atomic E-state index is 9.10. The molecule has 2 nitrogen and oxygen atoms in total. The van der Waals surface area contributed by atoms with Gasteiger partial charge in [-0.2, -0.15) is 5.26 Å². The Labute approximate surface area is 98.4 Å². The lowest BCUT2D eigenvalue weighted by Gasteiger charge is -2.12. The van der Waals surface area contributed by atoms with Crippen LogP contribution in [0.2, 0.25) is 0 Å². The molecule has 0 aliphatic heterocycles. The topological polar surface area (TPSA) is 35.8 Å². The lowest BCUT2D eigenvalue weighted by molar-refractivity contribution is 0.591. The highest BCUT2D eigenvalue weighted by Gasteiger charge is 2.23. The van der Waals surface area contributed by atoms with Gasteiger partial charge in [-0.05, 0) is 36.9 Å². The number of rotatable bonds is 4. The lowest BCUT2D eigenvalue weighted by Crippen LogP contribution is -2.22. The normalized spacial score (nSPS) is 17.1. The van der Waals surface area contributed by atoms with E-state index < -0.39 is 0 Å². The van der Waals surface area contributed by atoms with Crippen molar-refractivity contribution < 1.29 is 0 Å². The van der Waals surface area contributed by atoms with E-state index in [0.717, 1.165) is 22.5 Å². The second-order valence-corrected chi connectivity index (χ2v) is 4.79. The first-order chi connectivity index (χ1) is 7.31. The fourth-order valence-electron chi connectivity index (χ4n) is 1.54. The van der Waals surface area contributed by atoms with Crippen molar-refractivity contribution in [2.75, 3.05) is 6.54 Å². The Balaban J connectivity index is 2.05. The summed E-state index contributed by atoms with van der Waals surface area (Å²) in [7, 11) is 0. The van der Waals surface area contributed by atoms with Gasteiger partial charge in [-0.15, -0.1) is 0 Å². The molecule has 0 heterocycles. The molecule has 1 fully saturated rings. The summed E-state index contributed by atoms with van der Waals surface area (Å²) in [5, 5.41) is 12.4. The summed E-state index contributed by atoms with van der Waals surface area (Å²) in [6.07, 6.45) is 2.61. The Morgan fingerprint density at radius 2 is 2.20 bits per heavy atom. The molecule has 1 aromatic rings. The Kier molecular flexibility index (Phi) is 3.40. The number of benzene rings is 1. The SMILES string of the molecule is N#CC(NCC1CC1)c1ccccc1Br. The Morgan fingerprint density at radius 3 is 2.80 bits per heavy atom. The molecule has 3 heteroatoms. The maximum atomic E-state index is 9.10. The average Bonchev–Trinajstić information content (AvgIpc) is 3.05. The summed E-state index contributed by atoms with van der Waals surface area (Å²) in [5.41, 5.74) is 1.03. The van der Waals surface area contributed by atoms with Crippen LogP contribution in [0.4, 0.5) is 0 Å². The van der Waals surface area contributed by atoms with Crippen LogP contribution in [-0.4, -0.2) is 6.54 Å². The van der Waals surface area contributed by atoms with Crippen molar-refractivity contribution in [3.8, 4) is 6.07 Å². The molecule has 1 unspecified atom stereocenters. The highest BCUT2D eigenvalue weighted by atomic mass is 79.9. The molecule has 15 heavy (non-hydrogen) atoms.